The highest BCUT2D eigenvalue weighted by Crippen LogP contribution is 2.26. The molecule has 0 aromatic carbocycles. The minimum absolute atomic E-state index is 0.261. The molecule has 4 rings (SSSR count). The first kappa shape index (κ1) is 17.7. The maximum absolute atomic E-state index is 12.3. The van der Waals surface area contributed by atoms with Crippen molar-refractivity contribution in [2.24, 2.45) is 5.73 Å². The third-order valence-electron chi connectivity index (χ3n) is 4.62. The van der Waals surface area contributed by atoms with E-state index in [1.807, 2.05) is 5.38 Å². The molecule has 1 aliphatic carbocycles. The van der Waals surface area contributed by atoms with Crippen LogP contribution in [0.15, 0.2) is 30.2 Å². The molecule has 0 spiro atoms. The lowest BCUT2D eigenvalue weighted by atomic mass is 9.92. The van der Waals surface area contributed by atoms with Crippen molar-refractivity contribution >= 4 is 17.2 Å². The van der Waals surface area contributed by atoms with Gasteiger partial charge in [0, 0.05) is 23.8 Å². The Labute approximate surface area is 160 Å². The van der Waals surface area contributed by atoms with Gasteiger partial charge in [0.1, 0.15) is 10.7 Å². The maximum Gasteiger partial charge on any atom is 0.273 e. The molecule has 27 heavy (non-hydrogen) atoms. The Hall–Kier alpha value is -2.72. The summed E-state index contributed by atoms with van der Waals surface area (Å²) in [5.41, 5.74) is 7.74. The Bertz CT molecular complexity index is 901. The fraction of sp³-hybridized carbons (Fsp3) is 0.412. The van der Waals surface area contributed by atoms with Crippen molar-refractivity contribution in [1.29, 1.82) is 0 Å². The molecule has 3 N–H and O–H groups in total. The normalized spacial score (nSPS) is 19.7. The van der Waals surface area contributed by atoms with Crippen LogP contribution in [0.3, 0.4) is 0 Å². The lowest BCUT2D eigenvalue weighted by Crippen LogP contribution is -2.28. The second-order valence-corrected chi connectivity index (χ2v) is 7.43. The predicted molar refractivity (Wildman–Crippen MR) is 99.8 cm³/mol. The molecule has 0 atom stereocenters. The van der Waals surface area contributed by atoms with E-state index in [1.54, 1.807) is 29.5 Å². The number of aromatic nitrogens is 6. The second kappa shape index (κ2) is 7.89. The average Bonchev–Trinajstić information content (AvgIpc) is 3.37. The minimum atomic E-state index is -0.261. The summed E-state index contributed by atoms with van der Waals surface area (Å²) in [6.07, 6.45) is 10.5. The van der Waals surface area contributed by atoms with Gasteiger partial charge in [-0.2, -0.15) is 0 Å². The van der Waals surface area contributed by atoms with Gasteiger partial charge in [0.15, 0.2) is 5.69 Å². The zero-order valence-corrected chi connectivity index (χ0v) is 15.5. The molecule has 1 amide bonds. The zero-order valence-electron chi connectivity index (χ0n) is 14.7. The second-order valence-electron chi connectivity index (χ2n) is 6.57. The lowest BCUT2D eigenvalue weighted by molar-refractivity contribution is 0.0945. The summed E-state index contributed by atoms with van der Waals surface area (Å²) in [5.74, 6) is -0.261. The number of nitrogens with zero attached hydrogens (tertiary/aromatic N) is 6. The number of carbonyl (C=O) groups is 1. The first-order valence-corrected chi connectivity index (χ1v) is 9.73. The van der Waals surface area contributed by atoms with Crippen molar-refractivity contribution in [1.82, 2.24) is 35.3 Å². The molecule has 3 aromatic rings. The van der Waals surface area contributed by atoms with Crippen LogP contribution in [-0.4, -0.2) is 41.9 Å². The summed E-state index contributed by atoms with van der Waals surface area (Å²) in [4.78, 5) is 25.1. The van der Waals surface area contributed by atoms with Crippen molar-refractivity contribution in [2.45, 2.75) is 44.3 Å². The van der Waals surface area contributed by atoms with Crippen LogP contribution < -0.4 is 11.1 Å². The smallest absolute Gasteiger partial charge is 0.273 e. The Morgan fingerprint density at radius 3 is 2.93 bits per heavy atom. The highest BCUT2D eigenvalue weighted by Gasteiger charge is 2.22. The van der Waals surface area contributed by atoms with E-state index in [1.165, 1.54) is 11.3 Å². The molecule has 0 radical (unpaired) electrons. The molecule has 1 aliphatic rings. The standard InChI is InChI=1S/C17H20N8OS/c18-11-1-3-13(4-2-11)25-9-15(23-24-25)16(26)21-7-12-10-27-17(22-12)14-8-19-5-6-20-14/h5-6,8-11,13H,1-4,7,18H2,(H,21,26). The topological polar surface area (TPSA) is 124 Å². The summed E-state index contributed by atoms with van der Waals surface area (Å²) in [6, 6.07) is 0.546. The molecule has 0 aliphatic heterocycles. The Morgan fingerprint density at radius 1 is 1.30 bits per heavy atom. The van der Waals surface area contributed by atoms with Crippen LogP contribution in [0.25, 0.3) is 10.7 Å². The van der Waals surface area contributed by atoms with Gasteiger partial charge in [-0.1, -0.05) is 5.21 Å². The van der Waals surface area contributed by atoms with Crippen molar-refractivity contribution in [3.05, 3.63) is 41.6 Å². The summed E-state index contributed by atoms with van der Waals surface area (Å²) in [7, 11) is 0. The number of rotatable bonds is 5. The first-order valence-electron chi connectivity index (χ1n) is 8.85. The molecule has 140 valence electrons. The molecule has 0 unspecified atom stereocenters. The van der Waals surface area contributed by atoms with Crippen LogP contribution in [0.5, 0.6) is 0 Å². The van der Waals surface area contributed by atoms with E-state index < -0.39 is 0 Å². The fourth-order valence-corrected chi connectivity index (χ4v) is 3.88. The molecular formula is C17H20N8OS. The minimum Gasteiger partial charge on any atom is -0.345 e. The van der Waals surface area contributed by atoms with E-state index in [9.17, 15) is 4.79 Å². The summed E-state index contributed by atoms with van der Waals surface area (Å²) >= 11 is 1.47. The van der Waals surface area contributed by atoms with E-state index >= 15 is 0 Å². The van der Waals surface area contributed by atoms with E-state index in [4.69, 9.17) is 5.73 Å². The average molecular weight is 384 g/mol. The Balaban J connectivity index is 1.34. The number of nitrogens with one attached hydrogen (secondary N) is 1. The summed E-state index contributed by atoms with van der Waals surface area (Å²) < 4.78 is 1.79. The SMILES string of the molecule is NC1CCC(n2cc(C(=O)NCc3csc(-c4cnccn4)n3)nn2)CC1. The summed E-state index contributed by atoms with van der Waals surface area (Å²) in [5, 5.41) is 13.6. The van der Waals surface area contributed by atoms with E-state index in [0.29, 0.717) is 12.2 Å². The van der Waals surface area contributed by atoms with Crippen LogP contribution >= 0.6 is 11.3 Å². The number of hydrogen-bond donors (Lipinski definition) is 2. The van der Waals surface area contributed by atoms with Crippen molar-refractivity contribution in [2.75, 3.05) is 0 Å². The number of nitrogens with two attached hydrogens (primary N) is 1. The number of carbonyl (C=O) groups excluding carboxylic acids is 1. The molecule has 3 heterocycles. The fourth-order valence-electron chi connectivity index (χ4n) is 3.10. The van der Waals surface area contributed by atoms with Crippen LogP contribution in [-0.2, 0) is 6.54 Å². The van der Waals surface area contributed by atoms with Gasteiger partial charge < -0.3 is 11.1 Å². The molecule has 0 saturated heterocycles. The van der Waals surface area contributed by atoms with Crippen molar-refractivity contribution in [3.63, 3.8) is 0 Å². The highest BCUT2D eigenvalue weighted by molar-refractivity contribution is 7.13. The van der Waals surface area contributed by atoms with Gasteiger partial charge in [0.25, 0.3) is 5.91 Å². The zero-order chi connectivity index (χ0) is 18.6. The van der Waals surface area contributed by atoms with E-state index in [2.05, 4.69) is 30.6 Å². The third-order valence-corrected chi connectivity index (χ3v) is 5.54. The molecule has 0 bridgehead atoms. The monoisotopic (exact) mass is 384 g/mol. The number of thiazole rings is 1. The summed E-state index contributed by atoms with van der Waals surface area (Å²) in [6.45, 7) is 0.320. The van der Waals surface area contributed by atoms with Crippen molar-refractivity contribution < 1.29 is 4.79 Å². The molecule has 10 heteroatoms. The maximum atomic E-state index is 12.3. The van der Waals surface area contributed by atoms with E-state index in [-0.39, 0.29) is 18.0 Å². The van der Waals surface area contributed by atoms with Crippen LogP contribution in [0, 0.1) is 0 Å². The molecule has 3 aromatic heterocycles. The largest absolute Gasteiger partial charge is 0.345 e. The van der Waals surface area contributed by atoms with Crippen LogP contribution in [0.4, 0.5) is 0 Å². The van der Waals surface area contributed by atoms with Gasteiger partial charge >= 0.3 is 0 Å². The van der Waals surface area contributed by atoms with Gasteiger partial charge in [-0.15, -0.1) is 16.4 Å². The van der Waals surface area contributed by atoms with Crippen LogP contribution in [0.1, 0.15) is 47.9 Å². The molecule has 1 fully saturated rings. The van der Waals surface area contributed by atoms with Gasteiger partial charge in [-0.05, 0) is 25.7 Å². The third kappa shape index (κ3) is 4.17. The van der Waals surface area contributed by atoms with Crippen LogP contribution in [0.2, 0.25) is 0 Å². The Kier molecular flexibility index (Phi) is 5.16. The van der Waals surface area contributed by atoms with Gasteiger partial charge in [0.2, 0.25) is 0 Å². The van der Waals surface area contributed by atoms with Gasteiger partial charge in [-0.3, -0.25) is 14.8 Å². The lowest BCUT2D eigenvalue weighted by Gasteiger charge is -2.25. The first-order chi connectivity index (χ1) is 13.2. The Morgan fingerprint density at radius 2 is 2.15 bits per heavy atom. The molecular weight excluding hydrogens is 364 g/mol. The van der Waals surface area contributed by atoms with Crippen molar-refractivity contribution in [3.8, 4) is 10.7 Å². The predicted octanol–water partition coefficient (Wildman–Crippen LogP) is 1.56. The van der Waals surface area contributed by atoms with Gasteiger partial charge in [-0.25, -0.2) is 9.67 Å². The highest BCUT2D eigenvalue weighted by atomic mass is 32.1. The number of hydrogen-bond acceptors (Lipinski definition) is 8. The van der Waals surface area contributed by atoms with Gasteiger partial charge in [0.05, 0.1) is 30.7 Å². The quantitative estimate of drug-likeness (QED) is 0.684. The van der Waals surface area contributed by atoms with E-state index in [0.717, 1.165) is 42.1 Å². The number of amides is 1. The molecule has 9 nitrogen and oxygen atoms in total. The molecule has 1 saturated carbocycles.